The molecule has 1 fully saturated rings. The van der Waals surface area contributed by atoms with Gasteiger partial charge in [0, 0.05) is 13.1 Å². The van der Waals surface area contributed by atoms with E-state index in [2.05, 4.69) is 43.0 Å². The number of rotatable bonds is 6. The largest absolute Gasteiger partial charge is 0.491 e. The molecule has 0 aromatic heterocycles. The van der Waals surface area contributed by atoms with Crippen molar-refractivity contribution in [3.63, 3.8) is 0 Å². The zero-order valence-electron chi connectivity index (χ0n) is 12.1. The SMILES string of the molecule is CC(C)Oc1ccc(CCCN2CCOCC2)cc1. The summed E-state index contributed by atoms with van der Waals surface area (Å²) in [7, 11) is 0. The average Bonchev–Trinajstić information content (AvgIpc) is 2.41. The quantitative estimate of drug-likeness (QED) is 0.787. The Morgan fingerprint density at radius 2 is 1.84 bits per heavy atom. The number of nitrogens with zero attached hydrogens (tertiary/aromatic N) is 1. The zero-order chi connectivity index (χ0) is 13.5. The molecule has 0 bridgehead atoms. The molecular weight excluding hydrogens is 238 g/mol. The first-order valence-electron chi connectivity index (χ1n) is 7.30. The summed E-state index contributed by atoms with van der Waals surface area (Å²) in [5, 5.41) is 0. The minimum absolute atomic E-state index is 0.243. The first-order valence-corrected chi connectivity index (χ1v) is 7.30. The van der Waals surface area contributed by atoms with Crippen molar-refractivity contribution in [1.29, 1.82) is 0 Å². The summed E-state index contributed by atoms with van der Waals surface area (Å²) in [6.45, 7) is 9.23. The summed E-state index contributed by atoms with van der Waals surface area (Å²) in [5.41, 5.74) is 1.39. The minimum Gasteiger partial charge on any atom is -0.491 e. The molecule has 0 amide bonds. The molecule has 1 saturated heterocycles. The topological polar surface area (TPSA) is 21.7 Å². The minimum atomic E-state index is 0.243. The predicted molar refractivity (Wildman–Crippen MR) is 77.8 cm³/mol. The van der Waals surface area contributed by atoms with Gasteiger partial charge in [-0.05, 0) is 50.9 Å². The maximum Gasteiger partial charge on any atom is 0.119 e. The highest BCUT2D eigenvalue weighted by Gasteiger charge is 2.09. The van der Waals surface area contributed by atoms with Crippen molar-refractivity contribution >= 4 is 0 Å². The molecular formula is C16H25NO2. The molecule has 1 aromatic carbocycles. The molecule has 1 heterocycles. The summed E-state index contributed by atoms with van der Waals surface area (Å²) >= 11 is 0. The Balaban J connectivity index is 1.70. The molecule has 3 heteroatoms. The normalized spacial score (nSPS) is 16.8. The zero-order valence-corrected chi connectivity index (χ0v) is 12.1. The van der Waals surface area contributed by atoms with E-state index in [0.717, 1.165) is 38.5 Å². The van der Waals surface area contributed by atoms with Gasteiger partial charge >= 0.3 is 0 Å². The number of hydrogen-bond acceptors (Lipinski definition) is 3. The molecule has 106 valence electrons. The molecule has 0 atom stereocenters. The molecule has 19 heavy (non-hydrogen) atoms. The lowest BCUT2D eigenvalue weighted by Crippen LogP contribution is -2.36. The number of benzene rings is 1. The second-order valence-electron chi connectivity index (χ2n) is 5.37. The van der Waals surface area contributed by atoms with Crippen LogP contribution in [0.1, 0.15) is 25.8 Å². The molecule has 0 spiro atoms. The van der Waals surface area contributed by atoms with Crippen molar-refractivity contribution in [3.05, 3.63) is 29.8 Å². The summed E-state index contributed by atoms with van der Waals surface area (Å²) < 4.78 is 11.0. The predicted octanol–water partition coefficient (Wildman–Crippen LogP) is 2.74. The second kappa shape index (κ2) is 7.51. The van der Waals surface area contributed by atoms with Gasteiger partial charge in [-0.2, -0.15) is 0 Å². The van der Waals surface area contributed by atoms with Crippen LogP contribution in [0.4, 0.5) is 0 Å². The standard InChI is InChI=1S/C16H25NO2/c1-14(2)19-16-7-5-15(6-8-16)4-3-9-17-10-12-18-13-11-17/h5-8,14H,3-4,9-13H2,1-2H3. The lowest BCUT2D eigenvalue weighted by atomic mass is 10.1. The van der Waals surface area contributed by atoms with Gasteiger partial charge in [-0.3, -0.25) is 4.90 Å². The third-order valence-corrected chi connectivity index (χ3v) is 3.34. The van der Waals surface area contributed by atoms with Crippen LogP contribution >= 0.6 is 0 Å². The van der Waals surface area contributed by atoms with Crippen molar-refractivity contribution in [2.24, 2.45) is 0 Å². The van der Waals surface area contributed by atoms with Gasteiger partial charge in [-0.25, -0.2) is 0 Å². The van der Waals surface area contributed by atoms with Gasteiger partial charge < -0.3 is 9.47 Å². The van der Waals surface area contributed by atoms with Crippen LogP contribution in [-0.2, 0) is 11.2 Å². The van der Waals surface area contributed by atoms with E-state index >= 15 is 0 Å². The molecule has 1 aromatic rings. The van der Waals surface area contributed by atoms with E-state index in [9.17, 15) is 0 Å². The second-order valence-corrected chi connectivity index (χ2v) is 5.37. The highest BCUT2D eigenvalue weighted by molar-refractivity contribution is 5.27. The third kappa shape index (κ3) is 5.21. The first kappa shape index (κ1) is 14.4. The first-order chi connectivity index (χ1) is 9.24. The van der Waals surface area contributed by atoms with E-state index < -0.39 is 0 Å². The van der Waals surface area contributed by atoms with Gasteiger partial charge in [0.1, 0.15) is 5.75 Å². The van der Waals surface area contributed by atoms with E-state index in [-0.39, 0.29) is 6.10 Å². The lowest BCUT2D eigenvalue weighted by Gasteiger charge is -2.26. The van der Waals surface area contributed by atoms with Crippen LogP contribution in [0.25, 0.3) is 0 Å². The van der Waals surface area contributed by atoms with E-state index in [0.29, 0.717) is 0 Å². The smallest absolute Gasteiger partial charge is 0.119 e. The van der Waals surface area contributed by atoms with Gasteiger partial charge in [0.05, 0.1) is 19.3 Å². The fourth-order valence-electron chi connectivity index (χ4n) is 2.34. The van der Waals surface area contributed by atoms with Crippen LogP contribution in [0.3, 0.4) is 0 Å². The van der Waals surface area contributed by atoms with Gasteiger partial charge in [0.2, 0.25) is 0 Å². The summed E-state index contributed by atoms with van der Waals surface area (Å²) in [6, 6.07) is 8.50. The van der Waals surface area contributed by atoms with Crippen molar-refractivity contribution in [2.75, 3.05) is 32.8 Å². The van der Waals surface area contributed by atoms with Gasteiger partial charge in [0.25, 0.3) is 0 Å². The van der Waals surface area contributed by atoms with Crippen molar-refractivity contribution in [3.8, 4) is 5.75 Å². The molecule has 1 aliphatic rings. The fourth-order valence-corrected chi connectivity index (χ4v) is 2.34. The van der Waals surface area contributed by atoms with Crippen molar-refractivity contribution < 1.29 is 9.47 Å². The van der Waals surface area contributed by atoms with E-state index in [1.807, 2.05) is 0 Å². The van der Waals surface area contributed by atoms with Gasteiger partial charge in [-0.15, -0.1) is 0 Å². The maximum absolute atomic E-state index is 5.65. The van der Waals surface area contributed by atoms with Gasteiger partial charge in [-0.1, -0.05) is 12.1 Å². The summed E-state index contributed by atoms with van der Waals surface area (Å²) in [5.74, 6) is 0.965. The fraction of sp³-hybridized carbons (Fsp3) is 0.625. The molecule has 1 aliphatic heterocycles. The van der Waals surface area contributed by atoms with E-state index in [4.69, 9.17) is 9.47 Å². The van der Waals surface area contributed by atoms with Crippen molar-refractivity contribution in [2.45, 2.75) is 32.8 Å². The Kier molecular flexibility index (Phi) is 5.67. The average molecular weight is 263 g/mol. The molecule has 0 radical (unpaired) electrons. The van der Waals surface area contributed by atoms with Crippen LogP contribution < -0.4 is 4.74 Å². The van der Waals surface area contributed by atoms with Crippen LogP contribution in [0.2, 0.25) is 0 Å². The van der Waals surface area contributed by atoms with Crippen LogP contribution in [0.5, 0.6) is 5.75 Å². The van der Waals surface area contributed by atoms with Gasteiger partial charge in [0.15, 0.2) is 0 Å². The Hall–Kier alpha value is -1.06. The molecule has 0 aliphatic carbocycles. The number of morpholine rings is 1. The highest BCUT2D eigenvalue weighted by atomic mass is 16.5. The monoisotopic (exact) mass is 263 g/mol. The molecule has 2 rings (SSSR count). The van der Waals surface area contributed by atoms with Crippen LogP contribution in [0.15, 0.2) is 24.3 Å². The molecule has 0 saturated carbocycles. The third-order valence-electron chi connectivity index (χ3n) is 3.34. The molecule has 3 nitrogen and oxygen atoms in total. The Labute approximate surface area is 116 Å². The van der Waals surface area contributed by atoms with E-state index in [1.54, 1.807) is 0 Å². The number of hydrogen-bond donors (Lipinski definition) is 0. The van der Waals surface area contributed by atoms with Crippen LogP contribution in [-0.4, -0.2) is 43.9 Å². The summed E-state index contributed by atoms with van der Waals surface area (Å²) in [6.07, 6.45) is 2.59. The Morgan fingerprint density at radius 1 is 1.16 bits per heavy atom. The Bertz CT molecular complexity index is 356. The number of aryl methyl sites for hydroxylation is 1. The van der Waals surface area contributed by atoms with Crippen molar-refractivity contribution in [1.82, 2.24) is 4.90 Å². The highest BCUT2D eigenvalue weighted by Crippen LogP contribution is 2.15. The maximum atomic E-state index is 5.65. The summed E-state index contributed by atoms with van der Waals surface area (Å²) in [4.78, 5) is 2.49. The molecule has 0 N–H and O–H groups in total. The molecule has 0 unspecified atom stereocenters. The lowest BCUT2D eigenvalue weighted by molar-refractivity contribution is 0.0374. The van der Waals surface area contributed by atoms with Crippen LogP contribution in [0, 0.1) is 0 Å². The Morgan fingerprint density at radius 3 is 2.47 bits per heavy atom. The number of ether oxygens (including phenoxy) is 2. The van der Waals surface area contributed by atoms with E-state index in [1.165, 1.54) is 18.5 Å².